The molecule has 3 rings (SSSR count). The molecule has 0 spiro atoms. The van der Waals surface area contributed by atoms with E-state index in [1.165, 1.54) is 6.26 Å². The molecule has 0 saturated heterocycles. The van der Waals surface area contributed by atoms with Gasteiger partial charge in [0.1, 0.15) is 18.6 Å². The lowest BCUT2D eigenvalue weighted by Crippen LogP contribution is -1.93. The van der Waals surface area contributed by atoms with Gasteiger partial charge in [-0.3, -0.25) is 14.8 Å². The standard InChI is InChI=1S/C15H10ClN3O3/c16-12-3-11(4-17-6-12)15-19-14(8-22-15)10-1-2-13(18-5-10)7-21-9-20/h1-6,8-9H,7H2. The van der Waals surface area contributed by atoms with Crippen LogP contribution in [0.15, 0.2) is 47.5 Å². The summed E-state index contributed by atoms with van der Waals surface area (Å²) in [6.45, 7) is 0.528. The topological polar surface area (TPSA) is 78.1 Å². The van der Waals surface area contributed by atoms with Crippen LogP contribution in [-0.2, 0) is 16.1 Å². The van der Waals surface area contributed by atoms with Crippen LogP contribution in [0.2, 0.25) is 5.02 Å². The molecule has 0 saturated carbocycles. The minimum Gasteiger partial charge on any atom is -0.461 e. The van der Waals surface area contributed by atoms with Gasteiger partial charge in [0.2, 0.25) is 5.89 Å². The summed E-state index contributed by atoms with van der Waals surface area (Å²) in [4.78, 5) is 22.7. The first-order valence-corrected chi connectivity index (χ1v) is 6.71. The number of aromatic nitrogens is 3. The van der Waals surface area contributed by atoms with E-state index >= 15 is 0 Å². The Hall–Kier alpha value is -2.73. The van der Waals surface area contributed by atoms with Crippen molar-refractivity contribution in [2.24, 2.45) is 0 Å². The second-order valence-electron chi connectivity index (χ2n) is 4.38. The Morgan fingerprint density at radius 1 is 1.23 bits per heavy atom. The maximum absolute atomic E-state index is 10.1. The first-order valence-electron chi connectivity index (χ1n) is 6.33. The number of nitrogens with zero attached hydrogens (tertiary/aromatic N) is 3. The van der Waals surface area contributed by atoms with Crippen molar-refractivity contribution in [3.8, 4) is 22.7 Å². The molecule has 110 valence electrons. The molecule has 0 aromatic carbocycles. The summed E-state index contributed by atoms with van der Waals surface area (Å²) in [7, 11) is 0. The van der Waals surface area contributed by atoms with Crippen molar-refractivity contribution < 1.29 is 13.9 Å². The van der Waals surface area contributed by atoms with E-state index in [4.69, 9.17) is 16.0 Å². The number of carbonyl (C=O) groups is 1. The predicted octanol–water partition coefficient (Wildman–Crippen LogP) is 3.13. The highest BCUT2D eigenvalue weighted by Crippen LogP contribution is 2.25. The molecule has 0 aliphatic rings. The van der Waals surface area contributed by atoms with Gasteiger partial charge < -0.3 is 9.15 Å². The van der Waals surface area contributed by atoms with Gasteiger partial charge in [0.25, 0.3) is 6.47 Å². The molecule has 22 heavy (non-hydrogen) atoms. The van der Waals surface area contributed by atoms with Gasteiger partial charge in [0.15, 0.2) is 0 Å². The Morgan fingerprint density at radius 2 is 2.14 bits per heavy atom. The molecule has 7 heteroatoms. The summed E-state index contributed by atoms with van der Waals surface area (Å²) >= 11 is 5.90. The molecule has 0 atom stereocenters. The van der Waals surface area contributed by atoms with Crippen LogP contribution >= 0.6 is 11.6 Å². The van der Waals surface area contributed by atoms with Crippen LogP contribution in [0.1, 0.15) is 5.69 Å². The molecule has 0 radical (unpaired) electrons. The van der Waals surface area contributed by atoms with Gasteiger partial charge >= 0.3 is 0 Å². The van der Waals surface area contributed by atoms with E-state index in [2.05, 4.69) is 19.7 Å². The van der Waals surface area contributed by atoms with Gasteiger partial charge in [0.05, 0.1) is 16.3 Å². The molecule has 0 aliphatic heterocycles. The Balaban J connectivity index is 1.83. The summed E-state index contributed by atoms with van der Waals surface area (Å²) in [6.07, 6.45) is 6.34. The quantitative estimate of drug-likeness (QED) is 0.673. The lowest BCUT2D eigenvalue weighted by atomic mass is 10.2. The predicted molar refractivity (Wildman–Crippen MR) is 78.8 cm³/mol. The van der Waals surface area contributed by atoms with Crippen molar-refractivity contribution in [3.63, 3.8) is 0 Å². The highest BCUT2D eigenvalue weighted by atomic mass is 35.5. The summed E-state index contributed by atoms with van der Waals surface area (Å²) in [5, 5.41) is 0.512. The van der Waals surface area contributed by atoms with Gasteiger partial charge in [0, 0.05) is 24.2 Å². The van der Waals surface area contributed by atoms with Crippen LogP contribution < -0.4 is 0 Å². The highest BCUT2D eigenvalue weighted by molar-refractivity contribution is 6.30. The van der Waals surface area contributed by atoms with Gasteiger partial charge in [-0.1, -0.05) is 11.6 Å². The number of halogens is 1. The maximum atomic E-state index is 10.1. The Kier molecular flexibility index (Phi) is 4.11. The molecular formula is C15H10ClN3O3. The molecule has 6 nitrogen and oxygen atoms in total. The zero-order chi connectivity index (χ0) is 15.4. The maximum Gasteiger partial charge on any atom is 0.293 e. The summed E-state index contributed by atoms with van der Waals surface area (Å²) in [6, 6.07) is 5.31. The van der Waals surface area contributed by atoms with Crippen molar-refractivity contribution in [1.29, 1.82) is 0 Å². The largest absolute Gasteiger partial charge is 0.461 e. The molecule has 0 aliphatic carbocycles. The van der Waals surface area contributed by atoms with E-state index < -0.39 is 0 Å². The molecule has 0 fully saturated rings. The zero-order valence-electron chi connectivity index (χ0n) is 11.3. The fraction of sp³-hybridized carbons (Fsp3) is 0.0667. The number of carbonyl (C=O) groups excluding carboxylic acids is 1. The van der Waals surface area contributed by atoms with E-state index in [1.54, 1.807) is 30.7 Å². The molecule has 0 unspecified atom stereocenters. The van der Waals surface area contributed by atoms with Crippen LogP contribution in [0, 0.1) is 0 Å². The zero-order valence-corrected chi connectivity index (χ0v) is 12.0. The van der Waals surface area contributed by atoms with Crippen molar-refractivity contribution in [3.05, 3.63) is 53.8 Å². The summed E-state index contributed by atoms with van der Waals surface area (Å²) < 4.78 is 10.1. The van der Waals surface area contributed by atoms with Gasteiger partial charge in [-0.2, -0.15) is 0 Å². The molecular weight excluding hydrogens is 306 g/mol. The summed E-state index contributed by atoms with van der Waals surface area (Å²) in [5.41, 5.74) is 2.78. The third-order valence-electron chi connectivity index (χ3n) is 2.88. The molecule has 0 bridgehead atoms. The number of oxazole rings is 1. The number of hydrogen-bond donors (Lipinski definition) is 0. The van der Waals surface area contributed by atoms with E-state index in [0.29, 0.717) is 34.3 Å². The monoisotopic (exact) mass is 315 g/mol. The average Bonchev–Trinajstić information content (AvgIpc) is 3.03. The normalized spacial score (nSPS) is 10.4. The minimum atomic E-state index is 0.141. The average molecular weight is 316 g/mol. The highest BCUT2D eigenvalue weighted by Gasteiger charge is 2.09. The first kappa shape index (κ1) is 14.2. The third kappa shape index (κ3) is 3.12. The van der Waals surface area contributed by atoms with E-state index in [1.807, 2.05) is 6.07 Å². The minimum absolute atomic E-state index is 0.141. The molecule has 3 aromatic heterocycles. The molecule has 3 heterocycles. The van der Waals surface area contributed by atoms with Gasteiger partial charge in [-0.15, -0.1) is 0 Å². The van der Waals surface area contributed by atoms with Crippen LogP contribution in [0.5, 0.6) is 0 Å². The lowest BCUT2D eigenvalue weighted by molar-refractivity contribution is -0.129. The van der Waals surface area contributed by atoms with Crippen LogP contribution in [-0.4, -0.2) is 21.4 Å². The third-order valence-corrected chi connectivity index (χ3v) is 3.08. The molecule has 3 aromatic rings. The van der Waals surface area contributed by atoms with Crippen molar-refractivity contribution in [2.45, 2.75) is 6.61 Å². The van der Waals surface area contributed by atoms with E-state index in [9.17, 15) is 4.79 Å². The van der Waals surface area contributed by atoms with Gasteiger partial charge in [-0.05, 0) is 18.2 Å². The van der Waals surface area contributed by atoms with E-state index in [-0.39, 0.29) is 6.61 Å². The number of pyridine rings is 2. The second-order valence-corrected chi connectivity index (χ2v) is 4.81. The Morgan fingerprint density at radius 3 is 2.86 bits per heavy atom. The fourth-order valence-corrected chi connectivity index (χ4v) is 2.02. The number of rotatable bonds is 5. The van der Waals surface area contributed by atoms with Crippen molar-refractivity contribution >= 4 is 18.1 Å². The van der Waals surface area contributed by atoms with Crippen LogP contribution in [0.25, 0.3) is 22.7 Å². The van der Waals surface area contributed by atoms with Gasteiger partial charge in [-0.25, -0.2) is 4.98 Å². The van der Waals surface area contributed by atoms with Crippen LogP contribution in [0.3, 0.4) is 0 Å². The first-order chi connectivity index (χ1) is 10.8. The molecule has 0 N–H and O–H groups in total. The lowest BCUT2D eigenvalue weighted by Gasteiger charge is -1.99. The van der Waals surface area contributed by atoms with Crippen molar-refractivity contribution in [2.75, 3.05) is 0 Å². The SMILES string of the molecule is O=COCc1ccc(-c2coc(-c3cncc(Cl)c3)n2)cn1. The smallest absolute Gasteiger partial charge is 0.293 e. The Labute approximate surface area is 130 Å². The van der Waals surface area contributed by atoms with E-state index in [0.717, 1.165) is 5.56 Å². The Bertz CT molecular complexity index is 787. The molecule has 0 amide bonds. The van der Waals surface area contributed by atoms with Crippen molar-refractivity contribution in [1.82, 2.24) is 15.0 Å². The fourth-order valence-electron chi connectivity index (χ4n) is 1.85. The number of hydrogen-bond acceptors (Lipinski definition) is 6. The second kappa shape index (κ2) is 6.36. The van der Waals surface area contributed by atoms with Crippen LogP contribution in [0.4, 0.5) is 0 Å². The summed E-state index contributed by atoms with van der Waals surface area (Å²) in [5.74, 6) is 0.429. The number of ether oxygens (including phenoxy) is 1.